The minimum absolute atomic E-state index is 0. The molecule has 0 bridgehead atoms. The second-order valence-corrected chi connectivity index (χ2v) is 6.51. The van der Waals surface area contributed by atoms with Crippen molar-refractivity contribution in [2.24, 2.45) is 16.8 Å². The molecule has 0 saturated heterocycles. The zero-order valence-electron chi connectivity index (χ0n) is 13.9. The summed E-state index contributed by atoms with van der Waals surface area (Å²) in [5.41, 5.74) is -1.48. The number of ether oxygens (including phenoxy) is 1. The zero-order valence-corrected chi connectivity index (χ0v) is 14.7. The molecular formula is C18H25ClN2O3. The number of rotatable bonds is 4. The Hall–Kier alpha value is -1.59. The van der Waals surface area contributed by atoms with E-state index in [0.29, 0.717) is 18.8 Å². The highest BCUT2D eigenvalue weighted by Crippen LogP contribution is 2.40. The molecule has 0 spiro atoms. The first-order chi connectivity index (χ1) is 11.1. The van der Waals surface area contributed by atoms with E-state index in [4.69, 9.17) is 4.74 Å². The molecule has 0 aromatic heterocycles. The van der Waals surface area contributed by atoms with Crippen LogP contribution < -0.4 is 10.1 Å². The summed E-state index contributed by atoms with van der Waals surface area (Å²) in [7, 11) is 0. The third-order valence-electron chi connectivity index (χ3n) is 5.03. The Morgan fingerprint density at radius 2 is 1.92 bits per heavy atom. The lowest BCUT2D eigenvalue weighted by Gasteiger charge is -2.39. The van der Waals surface area contributed by atoms with Crippen LogP contribution in [0.25, 0.3) is 0 Å². The summed E-state index contributed by atoms with van der Waals surface area (Å²) < 4.78 is 5.51. The Morgan fingerprint density at radius 1 is 1.25 bits per heavy atom. The third kappa shape index (κ3) is 3.73. The minimum atomic E-state index is -1.48. The van der Waals surface area contributed by atoms with Crippen LogP contribution in [0.4, 0.5) is 0 Å². The predicted molar refractivity (Wildman–Crippen MR) is 95.7 cm³/mol. The Morgan fingerprint density at radius 3 is 2.50 bits per heavy atom. The van der Waals surface area contributed by atoms with Gasteiger partial charge in [0.2, 0.25) is 0 Å². The van der Waals surface area contributed by atoms with Crippen LogP contribution >= 0.6 is 12.4 Å². The van der Waals surface area contributed by atoms with Gasteiger partial charge in [0.15, 0.2) is 5.60 Å². The van der Waals surface area contributed by atoms with Crippen LogP contribution in [0.3, 0.4) is 0 Å². The van der Waals surface area contributed by atoms with Crippen molar-refractivity contribution in [3.05, 3.63) is 30.3 Å². The topological polar surface area (TPSA) is 70.9 Å². The highest BCUT2D eigenvalue weighted by molar-refractivity contribution is 5.85. The van der Waals surface area contributed by atoms with Crippen LogP contribution in [-0.2, 0) is 4.79 Å². The van der Waals surface area contributed by atoms with Crippen LogP contribution in [0.1, 0.15) is 32.6 Å². The van der Waals surface area contributed by atoms with Gasteiger partial charge in [0.1, 0.15) is 5.75 Å². The summed E-state index contributed by atoms with van der Waals surface area (Å²) in [6.45, 7) is 2.90. The van der Waals surface area contributed by atoms with Crippen molar-refractivity contribution < 1.29 is 14.6 Å². The number of amidine groups is 1. The number of halogens is 1. The van der Waals surface area contributed by atoms with Crippen LogP contribution in [0, 0.1) is 11.8 Å². The maximum atomic E-state index is 12.9. The van der Waals surface area contributed by atoms with E-state index in [1.165, 1.54) is 0 Å². The summed E-state index contributed by atoms with van der Waals surface area (Å²) in [6.07, 6.45) is 3.82. The van der Waals surface area contributed by atoms with Gasteiger partial charge in [0, 0.05) is 19.0 Å². The number of carbonyl (C=O) groups is 1. The van der Waals surface area contributed by atoms with Crippen LogP contribution in [0.15, 0.2) is 35.3 Å². The van der Waals surface area contributed by atoms with Gasteiger partial charge >= 0.3 is 5.97 Å². The van der Waals surface area contributed by atoms with E-state index in [1.807, 2.05) is 25.1 Å². The third-order valence-corrected chi connectivity index (χ3v) is 5.03. The van der Waals surface area contributed by atoms with Crippen molar-refractivity contribution >= 4 is 24.2 Å². The lowest BCUT2D eigenvalue weighted by atomic mass is 9.75. The fourth-order valence-electron chi connectivity index (χ4n) is 3.64. The molecule has 1 saturated carbocycles. The summed E-state index contributed by atoms with van der Waals surface area (Å²) in [4.78, 5) is 17.2. The first-order valence-corrected chi connectivity index (χ1v) is 8.35. The molecule has 1 fully saturated rings. The number of para-hydroxylation sites is 1. The van der Waals surface area contributed by atoms with Gasteiger partial charge in [0.25, 0.3) is 0 Å². The molecule has 3 rings (SSSR count). The van der Waals surface area contributed by atoms with Gasteiger partial charge in [-0.2, -0.15) is 0 Å². The second-order valence-electron chi connectivity index (χ2n) is 6.51. The number of hydrogen-bond donors (Lipinski definition) is 2. The van der Waals surface area contributed by atoms with Gasteiger partial charge in [-0.3, -0.25) is 4.99 Å². The Bertz CT molecular complexity index is 587. The number of hydrogen-bond acceptors (Lipinski definition) is 5. The van der Waals surface area contributed by atoms with Gasteiger partial charge in [-0.05, 0) is 37.8 Å². The Balaban J connectivity index is 0.00000208. The number of aliphatic hydroxyl groups is 1. The first-order valence-electron chi connectivity index (χ1n) is 8.35. The van der Waals surface area contributed by atoms with E-state index in [9.17, 15) is 9.90 Å². The molecule has 2 aliphatic rings. The lowest BCUT2D eigenvalue weighted by Crippen LogP contribution is -2.58. The zero-order chi connectivity index (χ0) is 16.3. The smallest absolute Gasteiger partial charge is 0.344 e. The quantitative estimate of drug-likeness (QED) is 0.645. The molecule has 1 aromatic carbocycles. The second kappa shape index (κ2) is 7.99. The van der Waals surface area contributed by atoms with Gasteiger partial charge in [-0.15, -0.1) is 12.4 Å². The highest BCUT2D eigenvalue weighted by Gasteiger charge is 2.52. The standard InChI is InChI=1S/C18H24N2O3.ClH/c1-13-19-11-15(12-20-13)18(22,14-7-5-6-8-14)17(21)23-16-9-3-2-4-10-16;/h2-4,9-10,14-15,22H,5-8,11-12H2,1H3,(H,19,20);1H. The highest BCUT2D eigenvalue weighted by atomic mass is 35.5. The van der Waals surface area contributed by atoms with Gasteiger partial charge in [0.05, 0.1) is 5.84 Å². The molecule has 1 aliphatic heterocycles. The van der Waals surface area contributed by atoms with Crippen molar-refractivity contribution in [2.45, 2.75) is 38.2 Å². The van der Waals surface area contributed by atoms with Gasteiger partial charge in [-0.1, -0.05) is 31.0 Å². The predicted octanol–water partition coefficient (Wildman–Crippen LogP) is 2.57. The molecule has 0 radical (unpaired) electrons. The van der Waals surface area contributed by atoms with E-state index in [0.717, 1.165) is 31.5 Å². The summed E-state index contributed by atoms with van der Waals surface area (Å²) in [5.74, 6) is 0.464. The molecule has 5 nitrogen and oxygen atoms in total. The first kappa shape index (κ1) is 18.7. The van der Waals surface area contributed by atoms with Crippen LogP contribution in [-0.4, -0.2) is 35.6 Å². The van der Waals surface area contributed by atoms with Crippen LogP contribution in [0.2, 0.25) is 0 Å². The molecule has 1 heterocycles. The molecular weight excluding hydrogens is 328 g/mol. The molecule has 2 unspecified atom stereocenters. The molecule has 0 amide bonds. The number of aliphatic imine (C=N–C) groups is 1. The average Bonchev–Trinajstić information content (AvgIpc) is 3.10. The number of nitrogens with zero attached hydrogens (tertiary/aromatic N) is 1. The largest absolute Gasteiger partial charge is 0.424 e. The summed E-state index contributed by atoms with van der Waals surface area (Å²) in [6, 6.07) is 8.95. The number of benzene rings is 1. The van der Waals surface area contributed by atoms with E-state index >= 15 is 0 Å². The molecule has 1 aliphatic carbocycles. The molecule has 24 heavy (non-hydrogen) atoms. The molecule has 2 atom stereocenters. The Kier molecular flexibility index (Phi) is 6.24. The van der Waals surface area contributed by atoms with Crippen LogP contribution in [0.5, 0.6) is 5.75 Å². The summed E-state index contributed by atoms with van der Waals surface area (Å²) >= 11 is 0. The molecule has 6 heteroatoms. The van der Waals surface area contributed by atoms with Crippen molar-refractivity contribution in [1.29, 1.82) is 0 Å². The SMILES string of the molecule is CC1=NCC(C(O)(C(=O)Oc2ccccc2)C2CCCC2)CN1.Cl. The number of carbonyl (C=O) groups excluding carboxylic acids is 1. The van der Waals surface area contributed by atoms with E-state index in [-0.39, 0.29) is 24.2 Å². The maximum Gasteiger partial charge on any atom is 0.344 e. The summed E-state index contributed by atoms with van der Waals surface area (Å²) in [5, 5.41) is 14.5. The van der Waals surface area contributed by atoms with Crippen molar-refractivity contribution in [1.82, 2.24) is 5.32 Å². The maximum absolute atomic E-state index is 12.9. The van der Waals surface area contributed by atoms with E-state index in [2.05, 4.69) is 10.3 Å². The monoisotopic (exact) mass is 352 g/mol. The fraction of sp³-hybridized carbons (Fsp3) is 0.556. The molecule has 132 valence electrons. The average molecular weight is 353 g/mol. The van der Waals surface area contributed by atoms with E-state index in [1.54, 1.807) is 12.1 Å². The Labute approximate surface area is 148 Å². The van der Waals surface area contributed by atoms with Crippen molar-refractivity contribution in [2.75, 3.05) is 13.1 Å². The van der Waals surface area contributed by atoms with E-state index < -0.39 is 11.6 Å². The lowest BCUT2D eigenvalue weighted by molar-refractivity contribution is -0.169. The van der Waals surface area contributed by atoms with Gasteiger partial charge in [-0.25, -0.2) is 4.79 Å². The van der Waals surface area contributed by atoms with Crippen molar-refractivity contribution in [3.8, 4) is 5.75 Å². The van der Waals surface area contributed by atoms with Crippen molar-refractivity contribution in [3.63, 3.8) is 0 Å². The molecule has 1 aromatic rings. The number of nitrogens with one attached hydrogen (secondary N) is 1. The minimum Gasteiger partial charge on any atom is -0.424 e. The number of esters is 1. The normalized spacial score (nSPS) is 23.4. The van der Waals surface area contributed by atoms with Gasteiger partial charge < -0.3 is 15.2 Å². The molecule has 2 N–H and O–H groups in total. The fourth-order valence-corrected chi connectivity index (χ4v) is 3.64.